The molecule has 1 N–H and O–H groups in total. The highest BCUT2D eigenvalue weighted by Crippen LogP contribution is 2.51. The molecule has 0 saturated heterocycles. The number of carbonyl (C=O) groups excluding carboxylic acids is 2. The summed E-state index contributed by atoms with van der Waals surface area (Å²) in [5, 5.41) is 2.97. The van der Waals surface area contributed by atoms with Gasteiger partial charge in [-0.05, 0) is 36.2 Å². The van der Waals surface area contributed by atoms with Gasteiger partial charge in [-0.2, -0.15) is 0 Å². The van der Waals surface area contributed by atoms with Crippen LogP contribution in [0.1, 0.15) is 52.7 Å². The summed E-state index contributed by atoms with van der Waals surface area (Å²) in [5.74, 6) is 1.29. The van der Waals surface area contributed by atoms with Crippen molar-refractivity contribution in [1.29, 1.82) is 0 Å². The van der Waals surface area contributed by atoms with E-state index in [1.807, 2.05) is 37.4 Å². The molecule has 6 heteroatoms. The Morgan fingerprint density at radius 1 is 1.36 bits per heavy atom. The monoisotopic (exact) mass is 340 g/mol. The van der Waals surface area contributed by atoms with E-state index in [0.29, 0.717) is 12.3 Å². The van der Waals surface area contributed by atoms with Crippen molar-refractivity contribution >= 4 is 17.6 Å². The predicted octanol–water partition coefficient (Wildman–Crippen LogP) is 2.75. The summed E-state index contributed by atoms with van der Waals surface area (Å²) in [6.07, 6.45) is 0.852. The second kappa shape index (κ2) is 5.95. The van der Waals surface area contributed by atoms with E-state index in [4.69, 9.17) is 9.15 Å². The minimum absolute atomic E-state index is 0.0107. The number of likely N-dealkylation sites (N-methyl/N-ethyl adjacent to an activating group) is 1. The highest BCUT2D eigenvalue weighted by molar-refractivity contribution is 5.98. The number of benzene rings is 1. The van der Waals surface area contributed by atoms with Gasteiger partial charge in [0.1, 0.15) is 18.1 Å². The maximum Gasteiger partial charge on any atom is 0.303 e. The first-order valence-electron chi connectivity index (χ1n) is 8.42. The zero-order chi connectivity index (χ0) is 17.6. The quantitative estimate of drug-likeness (QED) is 0.870. The van der Waals surface area contributed by atoms with Crippen LogP contribution in [0.4, 0.5) is 5.69 Å². The third-order valence-corrected chi connectivity index (χ3v) is 5.01. The predicted molar refractivity (Wildman–Crippen MR) is 91.5 cm³/mol. The highest BCUT2D eigenvalue weighted by Gasteiger charge is 2.42. The summed E-state index contributed by atoms with van der Waals surface area (Å²) >= 11 is 0. The fourth-order valence-electron chi connectivity index (χ4n) is 3.96. The molecule has 2 unspecified atom stereocenters. The molecule has 0 aliphatic carbocycles. The van der Waals surface area contributed by atoms with Crippen molar-refractivity contribution in [2.45, 2.75) is 31.9 Å². The SMILES string of the molecule is CC(=O)OCc1ccc(C2C3CCNC(=O)c4cccc(c43)N2C)o1. The lowest BCUT2D eigenvalue weighted by atomic mass is 9.88. The van der Waals surface area contributed by atoms with Crippen molar-refractivity contribution < 1.29 is 18.7 Å². The van der Waals surface area contributed by atoms with Crippen molar-refractivity contribution in [3.8, 4) is 0 Å². The topological polar surface area (TPSA) is 71.8 Å². The standard InChI is InChI=1S/C19H20N2O4/c1-11(22)24-10-12-6-7-16(25-12)18-13-8-9-20-19(23)14-4-3-5-15(17(13)14)21(18)2/h3-7,13,18H,8-10H2,1-2H3,(H,20,23). The van der Waals surface area contributed by atoms with Crippen molar-refractivity contribution in [1.82, 2.24) is 5.32 Å². The lowest BCUT2D eigenvalue weighted by Gasteiger charge is -2.25. The molecule has 0 radical (unpaired) electrons. The van der Waals surface area contributed by atoms with Crippen LogP contribution < -0.4 is 10.2 Å². The van der Waals surface area contributed by atoms with Gasteiger partial charge in [0.2, 0.25) is 0 Å². The molecule has 2 aromatic rings. The molecular weight excluding hydrogens is 320 g/mol. The van der Waals surface area contributed by atoms with E-state index < -0.39 is 0 Å². The van der Waals surface area contributed by atoms with Gasteiger partial charge in [-0.1, -0.05) is 6.07 Å². The van der Waals surface area contributed by atoms with E-state index in [1.165, 1.54) is 6.92 Å². The zero-order valence-corrected chi connectivity index (χ0v) is 14.2. The number of ether oxygens (including phenoxy) is 1. The number of carbonyl (C=O) groups is 2. The number of rotatable bonds is 3. The van der Waals surface area contributed by atoms with Crippen molar-refractivity contribution in [3.05, 3.63) is 53.0 Å². The molecule has 0 bridgehead atoms. The summed E-state index contributed by atoms with van der Waals surface area (Å²) in [5.41, 5.74) is 2.92. The van der Waals surface area contributed by atoms with Gasteiger partial charge in [0, 0.05) is 37.7 Å². The van der Waals surface area contributed by atoms with E-state index in [0.717, 1.165) is 29.0 Å². The molecule has 6 nitrogen and oxygen atoms in total. The molecule has 1 aromatic carbocycles. The number of nitrogens with one attached hydrogen (secondary N) is 1. The Hall–Kier alpha value is -2.76. The molecular formula is C19H20N2O4. The van der Waals surface area contributed by atoms with Crippen LogP contribution in [0.15, 0.2) is 34.7 Å². The van der Waals surface area contributed by atoms with Gasteiger partial charge in [0.15, 0.2) is 0 Å². The van der Waals surface area contributed by atoms with Gasteiger partial charge in [0.05, 0.1) is 6.04 Å². The van der Waals surface area contributed by atoms with E-state index >= 15 is 0 Å². The Morgan fingerprint density at radius 2 is 2.20 bits per heavy atom. The number of furan rings is 1. The molecule has 1 amide bonds. The van der Waals surface area contributed by atoms with E-state index in [2.05, 4.69) is 10.2 Å². The maximum absolute atomic E-state index is 12.3. The molecule has 25 heavy (non-hydrogen) atoms. The fourth-order valence-corrected chi connectivity index (χ4v) is 3.96. The van der Waals surface area contributed by atoms with Gasteiger partial charge >= 0.3 is 5.97 Å². The van der Waals surface area contributed by atoms with Crippen LogP contribution in [0.3, 0.4) is 0 Å². The van der Waals surface area contributed by atoms with Gasteiger partial charge in [0.25, 0.3) is 5.91 Å². The van der Waals surface area contributed by atoms with Gasteiger partial charge in [-0.3, -0.25) is 9.59 Å². The average molecular weight is 340 g/mol. The summed E-state index contributed by atoms with van der Waals surface area (Å²) in [7, 11) is 2.03. The van der Waals surface area contributed by atoms with Gasteiger partial charge in [-0.25, -0.2) is 0 Å². The molecule has 0 saturated carbocycles. The molecule has 0 spiro atoms. The summed E-state index contributed by atoms with van der Waals surface area (Å²) in [4.78, 5) is 25.5. The smallest absolute Gasteiger partial charge is 0.303 e. The Labute approximate surface area is 145 Å². The Morgan fingerprint density at radius 3 is 3.00 bits per heavy atom. The lowest BCUT2D eigenvalue weighted by Crippen LogP contribution is -2.26. The first-order valence-corrected chi connectivity index (χ1v) is 8.42. The number of esters is 1. The second-order valence-electron chi connectivity index (χ2n) is 6.53. The summed E-state index contributed by atoms with van der Waals surface area (Å²) in [6, 6.07) is 9.66. The number of amides is 1. The molecule has 3 heterocycles. The first kappa shape index (κ1) is 15.7. The van der Waals surface area contributed by atoms with Crippen molar-refractivity contribution in [3.63, 3.8) is 0 Å². The second-order valence-corrected chi connectivity index (χ2v) is 6.53. The normalized spacial score (nSPS) is 21.5. The molecule has 4 rings (SSSR count). The largest absolute Gasteiger partial charge is 0.460 e. The Balaban J connectivity index is 1.70. The number of nitrogens with zero attached hydrogens (tertiary/aromatic N) is 1. The third kappa shape index (κ3) is 2.58. The maximum atomic E-state index is 12.3. The van der Waals surface area contributed by atoms with Crippen LogP contribution in [0.5, 0.6) is 0 Å². The van der Waals surface area contributed by atoms with E-state index in [9.17, 15) is 9.59 Å². The fraction of sp³-hybridized carbons (Fsp3) is 0.368. The van der Waals surface area contributed by atoms with Crippen molar-refractivity contribution in [2.75, 3.05) is 18.5 Å². The molecule has 1 aromatic heterocycles. The summed E-state index contributed by atoms with van der Waals surface area (Å²) in [6.45, 7) is 2.15. The van der Waals surface area contributed by atoms with E-state index in [-0.39, 0.29) is 30.4 Å². The van der Waals surface area contributed by atoms with Gasteiger partial charge in [-0.15, -0.1) is 0 Å². The van der Waals surface area contributed by atoms with E-state index in [1.54, 1.807) is 0 Å². The van der Waals surface area contributed by atoms with Crippen LogP contribution in [-0.4, -0.2) is 25.5 Å². The minimum Gasteiger partial charge on any atom is -0.460 e. The first-order chi connectivity index (χ1) is 12.1. The molecule has 130 valence electrons. The number of hydrogen-bond acceptors (Lipinski definition) is 5. The molecule has 2 aliphatic rings. The third-order valence-electron chi connectivity index (χ3n) is 5.01. The van der Waals surface area contributed by atoms with Crippen LogP contribution in [-0.2, 0) is 16.1 Å². The van der Waals surface area contributed by atoms with Crippen LogP contribution >= 0.6 is 0 Å². The molecule has 0 fully saturated rings. The molecule has 2 aliphatic heterocycles. The molecule has 2 atom stereocenters. The minimum atomic E-state index is -0.332. The van der Waals surface area contributed by atoms with Gasteiger partial charge < -0.3 is 19.4 Å². The summed E-state index contributed by atoms with van der Waals surface area (Å²) < 4.78 is 11.0. The number of hydrogen-bond donors (Lipinski definition) is 1. The van der Waals surface area contributed by atoms with Crippen molar-refractivity contribution in [2.24, 2.45) is 0 Å². The van der Waals surface area contributed by atoms with Crippen LogP contribution in [0.25, 0.3) is 0 Å². The highest BCUT2D eigenvalue weighted by atomic mass is 16.5. The average Bonchev–Trinajstić information content (AvgIpc) is 3.11. The van der Waals surface area contributed by atoms with Crippen LogP contribution in [0.2, 0.25) is 0 Å². The van der Waals surface area contributed by atoms with Crippen LogP contribution in [0, 0.1) is 0 Å². The lowest BCUT2D eigenvalue weighted by molar-refractivity contribution is -0.142. The zero-order valence-electron chi connectivity index (χ0n) is 14.2. The Bertz CT molecular complexity index is 842. The Kier molecular flexibility index (Phi) is 3.75. The number of anilines is 1.